The number of carbonyl (C=O) groups is 1. The molecule has 0 aromatic rings. The fourth-order valence-corrected chi connectivity index (χ4v) is 2.14. The van der Waals surface area contributed by atoms with Crippen molar-refractivity contribution in [2.24, 2.45) is 5.92 Å². The molecule has 0 radical (unpaired) electrons. The zero-order valence-electron chi connectivity index (χ0n) is 9.04. The summed E-state index contributed by atoms with van der Waals surface area (Å²) in [6.45, 7) is 5.84. The van der Waals surface area contributed by atoms with Gasteiger partial charge in [-0.15, -0.1) is 0 Å². The molecule has 0 aliphatic carbocycles. The van der Waals surface area contributed by atoms with E-state index < -0.39 is 0 Å². The predicted octanol–water partition coefficient (Wildman–Crippen LogP) is 1.03. The van der Waals surface area contributed by atoms with Gasteiger partial charge in [-0.1, -0.05) is 6.92 Å². The highest BCUT2D eigenvalue weighted by molar-refractivity contribution is 5.66. The monoisotopic (exact) mass is 186 g/mol. The van der Waals surface area contributed by atoms with Crippen molar-refractivity contribution in [2.75, 3.05) is 27.2 Å². The number of ether oxygens (including phenoxy) is 1. The van der Waals surface area contributed by atoms with Crippen molar-refractivity contribution in [2.45, 2.75) is 26.4 Å². The molecule has 13 heavy (non-hydrogen) atoms. The second-order valence-electron chi connectivity index (χ2n) is 4.76. The SMILES string of the molecule is CC(=O)O[C@H]1CC[N+](C)(C)C[C@@H]1C. The van der Waals surface area contributed by atoms with Crippen LogP contribution < -0.4 is 0 Å². The Labute approximate surface area is 80.3 Å². The molecule has 0 bridgehead atoms. The summed E-state index contributed by atoms with van der Waals surface area (Å²) in [5, 5.41) is 0. The standard InChI is InChI=1S/C10H20NO2/c1-8-7-11(3,4)6-5-10(8)13-9(2)12/h8,10H,5-7H2,1-4H3/q+1/t8-,10-/m0/s1. The van der Waals surface area contributed by atoms with Crippen LogP contribution in [0, 0.1) is 5.92 Å². The molecule has 1 fully saturated rings. The number of rotatable bonds is 1. The molecule has 3 nitrogen and oxygen atoms in total. The van der Waals surface area contributed by atoms with Gasteiger partial charge < -0.3 is 9.22 Å². The van der Waals surface area contributed by atoms with E-state index in [1.807, 2.05) is 0 Å². The third-order valence-corrected chi connectivity index (χ3v) is 2.75. The van der Waals surface area contributed by atoms with Crippen molar-refractivity contribution >= 4 is 5.97 Å². The molecule has 76 valence electrons. The van der Waals surface area contributed by atoms with E-state index >= 15 is 0 Å². The van der Waals surface area contributed by atoms with Crippen LogP contribution in [-0.2, 0) is 9.53 Å². The first-order valence-electron chi connectivity index (χ1n) is 4.90. The van der Waals surface area contributed by atoms with Gasteiger partial charge in [0.1, 0.15) is 6.10 Å². The van der Waals surface area contributed by atoms with Crippen molar-refractivity contribution in [3.8, 4) is 0 Å². The van der Waals surface area contributed by atoms with Gasteiger partial charge in [0.2, 0.25) is 0 Å². The average Bonchev–Trinajstić information content (AvgIpc) is 1.93. The molecule has 0 N–H and O–H groups in total. The van der Waals surface area contributed by atoms with E-state index in [1.165, 1.54) is 6.92 Å². The maximum atomic E-state index is 10.8. The van der Waals surface area contributed by atoms with Crippen LogP contribution in [0.25, 0.3) is 0 Å². The Morgan fingerprint density at radius 1 is 1.46 bits per heavy atom. The van der Waals surface area contributed by atoms with Gasteiger partial charge in [-0.05, 0) is 0 Å². The van der Waals surface area contributed by atoms with Crippen LogP contribution in [0.3, 0.4) is 0 Å². The number of piperidine rings is 1. The van der Waals surface area contributed by atoms with Gasteiger partial charge >= 0.3 is 5.97 Å². The molecule has 0 aromatic heterocycles. The molecule has 3 heteroatoms. The summed E-state index contributed by atoms with van der Waals surface area (Å²) in [7, 11) is 4.45. The smallest absolute Gasteiger partial charge is 0.302 e. The van der Waals surface area contributed by atoms with Gasteiger partial charge in [-0.3, -0.25) is 4.79 Å². The quantitative estimate of drug-likeness (QED) is 0.452. The van der Waals surface area contributed by atoms with Crippen molar-refractivity contribution in [1.82, 2.24) is 0 Å². The Kier molecular flexibility index (Phi) is 2.96. The van der Waals surface area contributed by atoms with Gasteiger partial charge in [-0.2, -0.15) is 0 Å². The maximum Gasteiger partial charge on any atom is 0.302 e. The van der Waals surface area contributed by atoms with E-state index in [1.54, 1.807) is 0 Å². The molecule has 1 heterocycles. The lowest BCUT2D eigenvalue weighted by molar-refractivity contribution is -0.899. The fraction of sp³-hybridized carbons (Fsp3) is 0.900. The first-order chi connectivity index (χ1) is 5.91. The third kappa shape index (κ3) is 2.99. The van der Waals surface area contributed by atoms with E-state index in [0.29, 0.717) is 5.92 Å². The molecule has 0 saturated carbocycles. The molecule has 1 saturated heterocycles. The summed E-state index contributed by atoms with van der Waals surface area (Å²) in [5.74, 6) is 0.330. The second-order valence-corrected chi connectivity index (χ2v) is 4.76. The number of hydrogen-bond acceptors (Lipinski definition) is 2. The molecule has 1 rings (SSSR count). The van der Waals surface area contributed by atoms with Gasteiger partial charge in [0.05, 0.1) is 27.2 Å². The van der Waals surface area contributed by atoms with Crippen molar-refractivity contribution in [3.63, 3.8) is 0 Å². The summed E-state index contributed by atoms with van der Waals surface area (Å²) in [6, 6.07) is 0. The molecular weight excluding hydrogens is 166 g/mol. The third-order valence-electron chi connectivity index (χ3n) is 2.75. The molecule has 0 aromatic carbocycles. The Hall–Kier alpha value is -0.570. The Morgan fingerprint density at radius 2 is 2.08 bits per heavy atom. The number of quaternary nitrogens is 1. The lowest BCUT2D eigenvalue weighted by atomic mass is 9.95. The minimum absolute atomic E-state index is 0.142. The van der Waals surface area contributed by atoms with E-state index in [0.717, 1.165) is 24.0 Å². The van der Waals surface area contributed by atoms with Gasteiger partial charge in [0.25, 0.3) is 0 Å². The summed E-state index contributed by atoms with van der Waals surface area (Å²) in [4.78, 5) is 10.8. The lowest BCUT2D eigenvalue weighted by Crippen LogP contribution is -2.52. The average molecular weight is 186 g/mol. The van der Waals surface area contributed by atoms with E-state index in [4.69, 9.17) is 4.74 Å². The number of carbonyl (C=O) groups excluding carboxylic acids is 1. The molecule has 1 aliphatic heterocycles. The van der Waals surface area contributed by atoms with Gasteiger partial charge in [0.15, 0.2) is 0 Å². The zero-order valence-corrected chi connectivity index (χ0v) is 9.04. The Bertz CT molecular complexity index is 201. The fourth-order valence-electron chi connectivity index (χ4n) is 2.14. The summed E-state index contributed by atoms with van der Waals surface area (Å²) < 4.78 is 6.29. The van der Waals surface area contributed by atoms with E-state index in [9.17, 15) is 4.79 Å². The second kappa shape index (κ2) is 3.66. The summed E-state index contributed by atoms with van der Waals surface area (Å²) in [5.41, 5.74) is 0. The minimum atomic E-state index is -0.149. The predicted molar refractivity (Wildman–Crippen MR) is 51.2 cm³/mol. The number of hydrogen-bond donors (Lipinski definition) is 0. The highest BCUT2D eigenvalue weighted by Crippen LogP contribution is 2.22. The normalized spacial score (nSPS) is 32.6. The number of likely N-dealkylation sites (tertiary alicyclic amines) is 1. The summed E-state index contributed by atoms with van der Waals surface area (Å²) in [6.07, 6.45) is 1.14. The van der Waals surface area contributed by atoms with Gasteiger partial charge in [-0.25, -0.2) is 0 Å². The molecule has 0 spiro atoms. The largest absolute Gasteiger partial charge is 0.462 e. The van der Waals surface area contributed by atoms with Crippen molar-refractivity contribution < 1.29 is 14.0 Å². The maximum absolute atomic E-state index is 10.8. The molecule has 0 unspecified atom stereocenters. The molecule has 0 amide bonds. The first-order valence-corrected chi connectivity index (χ1v) is 4.90. The minimum Gasteiger partial charge on any atom is -0.462 e. The van der Waals surface area contributed by atoms with Crippen LogP contribution in [0.4, 0.5) is 0 Å². The van der Waals surface area contributed by atoms with Crippen molar-refractivity contribution in [3.05, 3.63) is 0 Å². The van der Waals surface area contributed by atoms with Crippen LogP contribution >= 0.6 is 0 Å². The van der Waals surface area contributed by atoms with E-state index in [-0.39, 0.29) is 12.1 Å². The number of nitrogens with zero attached hydrogens (tertiary/aromatic N) is 1. The lowest BCUT2D eigenvalue weighted by Gasteiger charge is -2.40. The highest BCUT2D eigenvalue weighted by atomic mass is 16.5. The Morgan fingerprint density at radius 3 is 2.54 bits per heavy atom. The van der Waals surface area contributed by atoms with E-state index in [2.05, 4.69) is 21.0 Å². The van der Waals surface area contributed by atoms with Crippen LogP contribution in [0.2, 0.25) is 0 Å². The van der Waals surface area contributed by atoms with Gasteiger partial charge in [0, 0.05) is 19.3 Å². The first kappa shape index (κ1) is 10.5. The highest BCUT2D eigenvalue weighted by Gasteiger charge is 2.34. The van der Waals surface area contributed by atoms with Crippen molar-refractivity contribution in [1.29, 1.82) is 0 Å². The molecular formula is C10H20NO2+. The zero-order chi connectivity index (χ0) is 10.1. The molecule has 2 atom stereocenters. The summed E-state index contributed by atoms with van der Waals surface area (Å²) >= 11 is 0. The number of esters is 1. The van der Waals surface area contributed by atoms with Crippen LogP contribution in [-0.4, -0.2) is 43.7 Å². The molecule has 1 aliphatic rings. The topological polar surface area (TPSA) is 26.3 Å². The van der Waals surface area contributed by atoms with Crippen LogP contribution in [0.1, 0.15) is 20.3 Å². The van der Waals surface area contributed by atoms with Crippen LogP contribution in [0.15, 0.2) is 0 Å². The Balaban J connectivity index is 2.49. The van der Waals surface area contributed by atoms with Crippen LogP contribution in [0.5, 0.6) is 0 Å².